The van der Waals surface area contributed by atoms with Gasteiger partial charge in [0.15, 0.2) is 0 Å². The van der Waals surface area contributed by atoms with Crippen molar-refractivity contribution < 1.29 is 4.74 Å². The zero-order valence-electron chi connectivity index (χ0n) is 8.45. The lowest BCUT2D eigenvalue weighted by molar-refractivity contribution is 0.348. The summed E-state index contributed by atoms with van der Waals surface area (Å²) in [6, 6.07) is 8.19. The summed E-state index contributed by atoms with van der Waals surface area (Å²) >= 11 is 0. The number of benzene rings is 1. The summed E-state index contributed by atoms with van der Waals surface area (Å²) in [5, 5.41) is 0. The molecule has 0 spiro atoms. The van der Waals surface area contributed by atoms with Gasteiger partial charge >= 0.3 is 0 Å². The smallest absolute Gasteiger partial charge is 0.118 e. The topological polar surface area (TPSA) is 12.5 Å². The van der Waals surface area contributed by atoms with Crippen LogP contribution < -0.4 is 4.74 Å². The monoisotopic (exact) mass is 178 g/mol. The maximum absolute atomic E-state index is 5.08. The third kappa shape index (κ3) is 2.46. The van der Waals surface area contributed by atoms with E-state index in [2.05, 4.69) is 11.8 Å². The van der Waals surface area contributed by atoms with E-state index in [9.17, 15) is 0 Å². The summed E-state index contributed by atoms with van der Waals surface area (Å²) in [6.07, 6.45) is 0. The Morgan fingerprint density at radius 1 is 1.23 bits per heavy atom. The molecule has 71 valence electrons. The second-order valence-corrected chi connectivity index (χ2v) is 3.25. The minimum atomic E-state index is 0.200. The molecule has 1 aromatic carbocycles. The first-order valence-corrected chi connectivity index (χ1v) is 4.28. The number of hydrogen-bond acceptors (Lipinski definition) is 2. The summed E-state index contributed by atoms with van der Waals surface area (Å²) in [6.45, 7) is 4.05. The molecule has 0 amide bonds. The van der Waals surface area contributed by atoms with E-state index in [4.69, 9.17) is 4.74 Å². The van der Waals surface area contributed by atoms with Crippen molar-refractivity contribution >= 4 is 0 Å². The lowest BCUT2D eigenvalue weighted by Gasteiger charge is -2.19. The number of hydrogen-bond donors (Lipinski definition) is 0. The Morgan fingerprint density at radius 2 is 1.77 bits per heavy atom. The predicted molar refractivity (Wildman–Crippen MR) is 54.8 cm³/mol. The highest BCUT2D eigenvalue weighted by Gasteiger charge is 2.06. The van der Waals surface area contributed by atoms with Crippen LogP contribution in [0.25, 0.3) is 0 Å². The molecule has 0 aliphatic rings. The average Bonchev–Trinajstić information content (AvgIpc) is 2.17. The van der Waals surface area contributed by atoms with Crippen LogP contribution in [0.5, 0.6) is 5.75 Å². The van der Waals surface area contributed by atoms with Gasteiger partial charge in [0, 0.05) is 6.04 Å². The minimum Gasteiger partial charge on any atom is -0.497 e. The van der Waals surface area contributed by atoms with Gasteiger partial charge in [-0.2, -0.15) is 0 Å². The van der Waals surface area contributed by atoms with E-state index in [-0.39, 0.29) is 6.04 Å². The van der Waals surface area contributed by atoms with Gasteiger partial charge in [-0.15, -0.1) is 0 Å². The van der Waals surface area contributed by atoms with E-state index in [1.165, 1.54) is 5.56 Å². The van der Waals surface area contributed by atoms with Gasteiger partial charge in [0.1, 0.15) is 5.75 Å². The zero-order valence-corrected chi connectivity index (χ0v) is 8.45. The zero-order chi connectivity index (χ0) is 9.84. The first kappa shape index (κ1) is 10.1. The predicted octanol–water partition coefficient (Wildman–Crippen LogP) is 2.13. The van der Waals surface area contributed by atoms with Crippen LogP contribution in [0.4, 0.5) is 0 Å². The molecule has 1 atom stereocenters. The highest BCUT2D eigenvalue weighted by molar-refractivity contribution is 5.29. The molecule has 0 heterocycles. The fraction of sp³-hybridized carbons (Fsp3) is 0.364. The van der Waals surface area contributed by atoms with Gasteiger partial charge in [0.25, 0.3) is 0 Å². The van der Waals surface area contributed by atoms with Gasteiger partial charge < -0.3 is 9.64 Å². The van der Waals surface area contributed by atoms with Crippen molar-refractivity contribution in [1.82, 2.24) is 4.90 Å². The van der Waals surface area contributed by atoms with Crippen LogP contribution in [0.2, 0.25) is 0 Å². The van der Waals surface area contributed by atoms with E-state index in [1.807, 2.05) is 38.4 Å². The summed E-state index contributed by atoms with van der Waals surface area (Å²) in [5.41, 5.74) is 1.20. The van der Waals surface area contributed by atoms with Crippen molar-refractivity contribution in [2.45, 2.75) is 6.04 Å². The van der Waals surface area contributed by atoms with Crippen molar-refractivity contribution in [2.24, 2.45) is 0 Å². The Kier molecular flexibility index (Phi) is 3.32. The number of rotatable bonds is 3. The summed E-state index contributed by atoms with van der Waals surface area (Å²) in [4.78, 5) is 2.07. The van der Waals surface area contributed by atoms with Gasteiger partial charge in [0.05, 0.1) is 7.11 Å². The molecule has 1 aromatic rings. The Labute approximate surface area is 80.1 Å². The van der Waals surface area contributed by atoms with E-state index in [0.717, 1.165) is 5.75 Å². The summed E-state index contributed by atoms with van der Waals surface area (Å²) in [7, 11) is 5.70. The number of ether oxygens (including phenoxy) is 1. The molecule has 0 fully saturated rings. The van der Waals surface area contributed by atoms with Gasteiger partial charge in [-0.05, 0) is 38.7 Å². The minimum absolute atomic E-state index is 0.200. The molecular formula is C11H16NO. The lowest BCUT2D eigenvalue weighted by Crippen LogP contribution is -2.16. The molecule has 0 saturated carbocycles. The maximum atomic E-state index is 5.08. The third-order valence-corrected chi connectivity index (χ3v) is 2.12. The van der Waals surface area contributed by atoms with Crippen LogP contribution in [0.1, 0.15) is 11.6 Å². The van der Waals surface area contributed by atoms with Crippen LogP contribution in [-0.4, -0.2) is 26.1 Å². The fourth-order valence-electron chi connectivity index (χ4n) is 1.12. The van der Waals surface area contributed by atoms with Gasteiger partial charge in [-0.3, -0.25) is 0 Å². The van der Waals surface area contributed by atoms with Crippen molar-refractivity contribution in [3.05, 3.63) is 36.8 Å². The van der Waals surface area contributed by atoms with Crippen molar-refractivity contribution in [2.75, 3.05) is 21.2 Å². The van der Waals surface area contributed by atoms with E-state index in [1.54, 1.807) is 7.11 Å². The Bertz CT molecular complexity index is 253. The Morgan fingerprint density at radius 3 is 2.15 bits per heavy atom. The normalized spacial score (nSPS) is 13.0. The maximum Gasteiger partial charge on any atom is 0.118 e. The van der Waals surface area contributed by atoms with Crippen molar-refractivity contribution in [3.63, 3.8) is 0 Å². The highest BCUT2D eigenvalue weighted by atomic mass is 16.5. The summed E-state index contributed by atoms with van der Waals surface area (Å²) in [5.74, 6) is 0.884. The molecule has 2 heteroatoms. The van der Waals surface area contributed by atoms with Crippen LogP contribution in [0.15, 0.2) is 24.3 Å². The molecule has 0 aromatic heterocycles. The second kappa shape index (κ2) is 4.28. The quantitative estimate of drug-likeness (QED) is 0.703. The number of methoxy groups -OCH3 is 1. The van der Waals surface area contributed by atoms with Crippen LogP contribution in [-0.2, 0) is 0 Å². The van der Waals surface area contributed by atoms with Crippen LogP contribution >= 0.6 is 0 Å². The number of nitrogens with zero attached hydrogens (tertiary/aromatic N) is 1. The molecule has 1 rings (SSSR count). The molecule has 2 nitrogen and oxygen atoms in total. The van der Waals surface area contributed by atoms with Crippen LogP contribution in [0, 0.1) is 6.92 Å². The van der Waals surface area contributed by atoms with Crippen molar-refractivity contribution in [1.29, 1.82) is 0 Å². The average molecular weight is 178 g/mol. The molecule has 0 aliphatic carbocycles. The van der Waals surface area contributed by atoms with Crippen LogP contribution in [0.3, 0.4) is 0 Å². The van der Waals surface area contributed by atoms with E-state index in [0.29, 0.717) is 0 Å². The molecular weight excluding hydrogens is 162 g/mol. The molecule has 0 bridgehead atoms. The molecule has 1 radical (unpaired) electrons. The lowest BCUT2D eigenvalue weighted by atomic mass is 10.1. The summed E-state index contributed by atoms with van der Waals surface area (Å²) < 4.78 is 5.08. The SMILES string of the molecule is [CH2][C@@H](c1ccc(OC)cc1)N(C)C. The van der Waals surface area contributed by atoms with E-state index >= 15 is 0 Å². The standard InChI is InChI=1S/C11H16NO/c1-9(12(2)3)10-5-7-11(13-4)8-6-10/h5-9H,1H2,2-4H3/t9-/m0/s1. The first-order valence-electron chi connectivity index (χ1n) is 4.28. The largest absolute Gasteiger partial charge is 0.497 e. The van der Waals surface area contributed by atoms with Gasteiger partial charge in [-0.1, -0.05) is 12.1 Å². The third-order valence-electron chi connectivity index (χ3n) is 2.12. The van der Waals surface area contributed by atoms with Gasteiger partial charge in [0.2, 0.25) is 0 Å². The molecule has 0 N–H and O–H groups in total. The van der Waals surface area contributed by atoms with Crippen molar-refractivity contribution in [3.8, 4) is 5.75 Å². The van der Waals surface area contributed by atoms with Gasteiger partial charge in [-0.25, -0.2) is 0 Å². The second-order valence-electron chi connectivity index (χ2n) is 3.25. The Balaban J connectivity index is 2.79. The van der Waals surface area contributed by atoms with E-state index < -0.39 is 0 Å². The highest BCUT2D eigenvalue weighted by Crippen LogP contribution is 2.19. The molecule has 0 saturated heterocycles. The first-order chi connectivity index (χ1) is 6.15. The molecule has 13 heavy (non-hydrogen) atoms. The molecule has 0 unspecified atom stereocenters. The Hall–Kier alpha value is -1.02. The fourth-order valence-corrected chi connectivity index (χ4v) is 1.12. The molecule has 0 aliphatic heterocycles.